The minimum absolute atomic E-state index is 0.254. The van der Waals surface area contributed by atoms with Crippen molar-refractivity contribution in [1.29, 1.82) is 5.26 Å². The third kappa shape index (κ3) is 2.98. The second-order valence-corrected chi connectivity index (χ2v) is 4.89. The van der Waals surface area contributed by atoms with E-state index in [9.17, 15) is 0 Å². The molecule has 2 aromatic rings. The number of rotatable bonds is 2. The highest BCUT2D eigenvalue weighted by Crippen LogP contribution is 2.32. The Morgan fingerprint density at radius 3 is 2.58 bits per heavy atom. The van der Waals surface area contributed by atoms with E-state index in [0.29, 0.717) is 21.4 Å². The number of aryl methyl sites for hydroxylation is 2. The van der Waals surface area contributed by atoms with Crippen LogP contribution in [0.15, 0.2) is 24.3 Å². The van der Waals surface area contributed by atoms with Gasteiger partial charge in [-0.25, -0.2) is 4.98 Å². The molecule has 0 spiro atoms. The highest BCUT2D eigenvalue weighted by Gasteiger charge is 2.12. The van der Waals surface area contributed by atoms with Crippen molar-refractivity contribution in [2.24, 2.45) is 0 Å². The Hall–Kier alpha value is -1.76. The van der Waals surface area contributed by atoms with E-state index in [4.69, 9.17) is 33.2 Å². The van der Waals surface area contributed by atoms with Gasteiger partial charge in [0.05, 0.1) is 5.02 Å². The standard InChI is InChI=1S/C14H10Cl2N2O/c1-8-5-9(2)18-14(11(8)7-17)19-13-4-3-10(15)6-12(13)16/h3-6H,1-2H3. The summed E-state index contributed by atoms with van der Waals surface area (Å²) >= 11 is 11.9. The van der Waals surface area contributed by atoms with Gasteiger partial charge in [-0.3, -0.25) is 0 Å². The van der Waals surface area contributed by atoms with Crippen LogP contribution in [0.5, 0.6) is 11.6 Å². The number of benzene rings is 1. The first-order valence-electron chi connectivity index (χ1n) is 5.52. The van der Waals surface area contributed by atoms with Gasteiger partial charge in [0.15, 0.2) is 0 Å². The lowest BCUT2D eigenvalue weighted by atomic mass is 10.1. The molecule has 1 aromatic heterocycles. The Labute approximate surface area is 121 Å². The summed E-state index contributed by atoms with van der Waals surface area (Å²) in [6, 6.07) is 8.80. The van der Waals surface area contributed by atoms with Crippen molar-refractivity contribution >= 4 is 23.2 Å². The van der Waals surface area contributed by atoms with E-state index >= 15 is 0 Å². The number of hydrogen-bond donors (Lipinski definition) is 0. The molecule has 96 valence electrons. The monoisotopic (exact) mass is 292 g/mol. The van der Waals surface area contributed by atoms with Gasteiger partial charge in [0.1, 0.15) is 17.4 Å². The van der Waals surface area contributed by atoms with Gasteiger partial charge in [-0.1, -0.05) is 23.2 Å². The second kappa shape index (κ2) is 5.48. The van der Waals surface area contributed by atoms with Crippen molar-refractivity contribution < 1.29 is 4.74 Å². The van der Waals surface area contributed by atoms with Crippen LogP contribution in [-0.2, 0) is 0 Å². The van der Waals surface area contributed by atoms with E-state index in [1.807, 2.05) is 19.9 Å². The zero-order chi connectivity index (χ0) is 14.0. The Balaban J connectivity index is 2.46. The maximum Gasteiger partial charge on any atom is 0.237 e. The number of hydrogen-bond acceptors (Lipinski definition) is 3. The van der Waals surface area contributed by atoms with Crippen LogP contribution >= 0.6 is 23.2 Å². The number of aromatic nitrogens is 1. The van der Waals surface area contributed by atoms with Gasteiger partial charge in [0, 0.05) is 10.7 Å². The lowest BCUT2D eigenvalue weighted by Gasteiger charge is -2.10. The molecule has 0 bridgehead atoms. The van der Waals surface area contributed by atoms with E-state index in [2.05, 4.69) is 11.1 Å². The van der Waals surface area contributed by atoms with Crippen molar-refractivity contribution in [3.63, 3.8) is 0 Å². The Bertz CT molecular complexity index is 678. The van der Waals surface area contributed by atoms with E-state index in [1.165, 1.54) is 0 Å². The highest BCUT2D eigenvalue weighted by atomic mass is 35.5. The molecular weight excluding hydrogens is 283 g/mol. The number of ether oxygens (including phenoxy) is 1. The number of nitriles is 1. The van der Waals surface area contributed by atoms with Crippen LogP contribution in [0.4, 0.5) is 0 Å². The summed E-state index contributed by atoms with van der Waals surface area (Å²) in [7, 11) is 0. The molecule has 0 radical (unpaired) electrons. The van der Waals surface area contributed by atoms with Crippen molar-refractivity contribution in [1.82, 2.24) is 4.98 Å². The summed E-state index contributed by atoms with van der Waals surface area (Å²) in [5.41, 5.74) is 1.99. The summed E-state index contributed by atoms with van der Waals surface area (Å²) in [5.74, 6) is 0.671. The molecule has 3 nitrogen and oxygen atoms in total. The summed E-state index contributed by atoms with van der Waals surface area (Å²) in [6.45, 7) is 3.67. The molecule has 0 aliphatic rings. The molecule has 2 rings (SSSR count). The second-order valence-electron chi connectivity index (χ2n) is 4.05. The molecule has 19 heavy (non-hydrogen) atoms. The van der Waals surface area contributed by atoms with Gasteiger partial charge in [-0.15, -0.1) is 0 Å². The minimum Gasteiger partial charge on any atom is -0.436 e. The van der Waals surface area contributed by atoms with Gasteiger partial charge in [0.25, 0.3) is 0 Å². The largest absolute Gasteiger partial charge is 0.436 e. The first kappa shape index (κ1) is 13.7. The van der Waals surface area contributed by atoms with Crippen LogP contribution in [0.2, 0.25) is 10.0 Å². The molecule has 1 aromatic carbocycles. The molecule has 0 unspecified atom stereocenters. The van der Waals surface area contributed by atoms with Crippen LogP contribution in [0.3, 0.4) is 0 Å². The average molecular weight is 293 g/mol. The number of pyridine rings is 1. The fraction of sp³-hybridized carbons (Fsp3) is 0.143. The smallest absolute Gasteiger partial charge is 0.237 e. The zero-order valence-corrected chi connectivity index (χ0v) is 11.9. The maximum atomic E-state index is 9.16. The summed E-state index contributed by atoms with van der Waals surface area (Å²) < 4.78 is 5.62. The molecule has 5 heteroatoms. The van der Waals surface area contributed by atoms with Gasteiger partial charge in [0.2, 0.25) is 5.88 Å². The zero-order valence-electron chi connectivity index (χ0n) is 10.4. The van der Waals surface area contributed by atoms with Crippen LogP contribution in [0.1, 0.15) is 16.8 Å². The molecule has 0 aliphatic heterocycles. The lowest BCUT2D eigenvalue weighted by Crippen LogP contribution is -1.97. The van der Waals surface area contributed by atoms with Crippen LogP contribution < -0.4 is 4.74 Å². The Morgan fingerprint density at radius 2 is 1.95 bits per heavy atom. The molecule has 1 heterocycles. The third-order valence-electron chi connectivity index (χ3n) is 2.52. The predicted octanol–water partition coefficient (Wildman–Crippen LogP) is 4.67. The van der Waals surface area contributed by atoms with Crippen molar-refractivity contribution in [2.45, 2.75) is 13.8 Å². The van der Waals surface area contributed by atoms with Gasteiger partial charge in [-0.05, 0) is 43.7 Å². The molecule has 0 saturated heterocycles. The average Bonchev–Trinajstić information content (AvgIpc) is 2.32. The number of halogens is 2. The van der Waals surface area contributed by atoms with Gasteiger partial charge < -0.3 is 4.74 Å². The van der Waals surface area contributed by atoms with E-state index < -0.39 is 0 Å². The fourth-order valence-electron chi connectivity index (χ4n) is 1.67. The lowest BCUT2D eigenvalue weighted by molar-refractivity contribution is 0.459. The number of nitrogens with zero attached hydrogens (tertiary/aromatic N) is 2. The van der Waals surface area contributed by atoms with Crippen molar-refractivity contribution in [3.05, 3.63) is 51.1 Å². The summed E-state index contributed by atoms with van der Waals surface area (Å²) in [5, 5.41) is 10.0. The highest BCUT2D eigenvalue weighted by molar-refractivity contribution is 6.35. The minimum atomic E-state index is 0.254. The van der Waals surface area contributed by atoms with E-state index in [1.54, 1.807) is 18.2 Å². The van der Waals surface area contributed by atoms with Crippen LogP contribution in [-0.4, -0.2) is 4.98 Å². The fourth-order valence-corrected chi connectivity index (χ4v) is 2.12. The molecule has 0 fully saturated rings. The normalized spacial score (nSPS) is 10.1. The van der Waals surface area contributed by atoms with Crippen molar-refractivity contribution in [2.75, 3.05) is 0 Å². The summed E-state index contributed by atoms with van der Waals surface area (Å²) in [4.78, 5) is 4.23. The van der Waals surface area contributed by atoms with Crippen LogP contribution in [0.25, 0.3) is 0 Å². The Kier molecular flexibility index (Phi) is 3.94. The molecule has 0 amide bonds. The quantitative estimate of drug-likeness (QED) is 0.808. The van der Waals surface area contributed by atoms with Crippen molar-refractivity contribution in [3.8, 4) is 17.7 Å². The van der Waals surface area contributed by atoms with E-state index in [0.717, 1.165) is 11.3 Å². The Morgan fingerprint density at radius 1 is 1.21 bits per heavy atom. The molecule has 0 N–H and O–H groups in total. The van der Waals surface area contributed by atoms with E-state index in [-0.39, 0.29) is 5.88 Å². The SMILES string of the molecule is Cc1cc(C)c(C#N)c(Oc2ccc(Cl)cc2Cl)n1. The van der Waals surface area contributed by atoms with Gasteiger partial charge >= 0.3 is 0 Å². The predicted molar refractivity (Wildman–Crippen MR) is 75.0 cm³/mol. The first-order valence-corrected chi connectivity index (χ1v) is 6.28. The van der Waals surface area contributed by atoms with Crippen LogP contribution in [0, 0.1) is 25.2 Å². The molecule has 0 atom stereocenters. The summed E-state index contributed by atoms with van der Waals surface area (Å²) in [6.07, 6.45) is 0. The topological polar surface area (TPSA) is 45.9 Å². The first-order chi connectivity index (χ1) is 9.01. The molecule has 0 aliphatic carbocycles. The molecular formula is C14H10Cl2N2O. The molecule has 0 saturated carbocycles. The van der Waals surface area contributed by atoms with Gasteiger partial charge in [-0.2, -0.15) is 5.26 Å². The maximum absolute atomic E-state index is 9.16. The third-order valence-corrected chi connectivity index (χ3v) is 3.05.